The highest BCUT2D eigenvalue weighted by Crippen LogP contribution is 2.47. The molecular formula is C11H12N2O. The first-order valence-electron chi connectivity index (χ1n) is 4.64. The van der Waals surface area contributed by atoms with Gasteiger partial charge in [-0.25, -0.2) is 4.98 Å². The highest BCUT2D eigenvalue weighted by Gasteiger charge is 2.45. The number of aromatic nitrogens is 1. The first-order chi connectivity index (χ1) is 6.72. The molecule has 0 aliphatic heterocycles. The Morgan fingerprint density at radius 2 is 2.29 bits per heavy atom. The third-order valence-electron chi connectivity index (χ3n) is 2.74. The van der Waals surface area contributed by atoms with Gasteiger partial charge < -0.3 is 4.74 Å². The Labute approximate surface area is 83.3 Å². The molecule has 0 amide bonds. The van der Waals surface area contributed by atoms with Crippen LogP contribution in [0.4, 0.5) is 0 Å². The van der Waals surface area contributed by atoms with E-state index < -0.39 is 0 Å². The number of ether oxygens (including phenoxy) is 1. The predicted octanol–water partition coefficient (Wildman–Crippen LogP) is 1.95. The molecule has 0 atom stereocenters. The maximum absolute atomic E-state index is 9.02. The van der Waals surface area contributed by atoms with Crippen molar-refractivity contribution >= 4 is 0 Å². The maximum Gasteiger partial charge on any atom is 0.215 e. The van der Waals surface area contributed by atoms with Gasteiger partial charge in [0.2, 0.25) is 5.88 Å². The van der Waals surface area contributed by atoms with Crippen molar-refractivity contribution in [2.24, 2.45) is 0 Å². The third-order valence-corrected chi connectivity index (χ3v) is 2.74. The van der Waals surface area contributed by atoms with Gasteiger partial charge >= 0.3 is 0 Å². The molecule has 0 unspecified atom stereocenters. The molecular weight excluding hydrogens is 176 g/mol. The van der Waals surface area contributed by atoms with Gasteiger partial charge in [0.15, 0.2) is 0 Å². The Hall–Kier alpha value is -1.56. The molecule has 3 heteroatoms. The number of aryl methyl sites for hydroxylation is 1. The van der Waals surface area contributed by atoms with E-state index in [0.29, 0.717) is 5.88 Å². The van der Waals surface area contributed by atoms with Gasteiger partial charge in [-0.2, -0.15) is 5.26 Å². The second-order valence-electron chi connectivity index (χ2n) is 3.74. The summed E-state index contributed by atoms with van der Waals surface area (Å²) in [6, 6.07) is 4.35. The van der Waals surface area contributed by atoms with Crippen LogP contribution in [0, 0.1) is 18.3 Å². The van der Waals surface area contributed by atoms with Crippen LogP contribution in [0.25, 0.3) is 0 Å². The molecule has 14 heavy (non-hydrogen) atoms. The summed E-state index contributed by atoms with van der Waals surface area (Å²) < 4.78 is 5.07. The monoisotopic (exact) mass is 188 g/mol. The quantitative estimate of drug-likeness (QED) is 0.712. The molecule has 3 nitrogen and oxygen atoms in total. The molecule has 1 aromatic heterocycles. The molecule has 2 rings (SSSR count). The van der Waals surface area contributed by atoms with Gasteiger partial charge in [0, 0.05) is 11.8 Å². The number of pyridine rings is 1. The lowest BCUT2D eigenvalue weighted by Crippen LogP contribution is -2.04. The number of nitriles is 1. The minimum Gasteiger partial charge on any atom is -0.481 e. The highest BCUT2D eigenvalue weighted by atomic mass is 16.5. The number of nitrogens with zero attached hydrogens (tertiary/aromatic N) is 2. The summed E-state index contributed by atoms with van der Waals surface area (Å²) in [5.74, 6) is 0.641. The smallest absolute Gasteiger partial charge is 0.215 e. The van der Waals surface area contributed by atoms with Crippen molar-refractivity contribution in [1.29, 1.82) is 5.26 Å². The average molecular weight is 188 g/mol. The number of rotatable bonds is 2. The van der Waals surface area contributed by atoms with Gasteiger partial charge in [-0.15, -0.1) is 0 Å². The maximum atomic E-state index is 9.02. The molecule has 0 radical (unpaired) electrons. The molecule has 0 spiro atoms. The first kappa shape index (κ1) is 9.01. The average Bonchev–Trinajstić information content (AvgIpc) is 2.98. The normalized spacial score (nSPS) is 17.2. The Balaban J connectivity index is 2.39. The van der Waals surface area contributed by atoms with Gasteiger partial charge in [-0.3, -0.25) is 0 Å². The number of methoxy groups -OCH3 is 1. The lowest BCUT2D eigenvalue weighted by molar-refractivity contribution is 0.394. The largest absolute Gasteiger partial charge is 0.481 e. The molecule has 1 heterocycles. The lowest BCUT2D eigenvalue weighted by Gasteiger charge is -2.08. The van der Waals surface area contributed by atoms with Crippen LogP contribution in [-0.2, 0) is 5.41 Å². The molecule has 72 valence electrons. The van der Waals surface area contributed by atoms with E-state index in [2.05, 4.69) is 11.1 Å². The Morgan fingerprint density at radius 1 is 1.57 bits per heavy atom. The topological polar surface area (TPSA) is 45.9 Å². The summed E-state index contributed by atoms with van der Waals surface area (Å²) in [5, 5.41) is 9.02. The molecule has 1 aliphatic rings. The van der Waals surface area contributed by atoms with Gasteiger partial charge in [0.05, 0.1) is 18.6 Å². The number of hydrogen-bond donors (Lipinski definition) is 0. The molecule has 1 aliphatic carbocycles. The van der Waals surface area contributed by atoms with Gasteiger partial charge in [-0.1, -0.05) is 0 Å². The van der Waals surface area contributed by atoms with E-state index in [-0.39, 0.29) is 5.41 Å². The fourth-order valence-electron chi connectivity index (χ4n) is 1.63. The number of hydrogen-bond acceptors (Lipinski definition) is 3. The first-order valence-corrected chi connectivity index (χ1v) is 4.64. The van der Waals surface area contributed by atoms with Gasteiger partial charge in [0.25, 0.3) is 0 Å². The van der Waals surface area contributed by atoms with E-state index in [4.69, 9.17) is 10.00 Å². The van der Waals surface area contributed by atoms with Crippen molar-refractivity contribution in [3.8, 4) is 11.9 Å². The molecule has 0 saturated heterocycles. The highest BCUT2D eigenvalue weighted by molar-refractivity contribution is 5.41. The van der Waals surface area contributed by atoms with Crippen LogP contribution in [0.5, 0.6) is 5.88 Å². The summed E-state index contributed by atoms with van der Waals surface area (Å²) in [6.45, 7) is 1.95. The Morgan fingerprint density at radius 3 is 2.71 bits per heavy atom. The van der Waals surface area contributed by atoms with Crippen molar-refractivity contribution in [2.75, 3.05) is 7.11 Å². The van der Waals surface area contributed by atoms with Gasteiger partial charge in [-0.05, 0) is 31.4 Å². The molecule has 0 aromatic carbocycles. The van der Waals surface area contributed by atoms with Crippen molar-refractivity contribution in [3.05, 3.63) is 23.4 Å². The van der Waals surface area contributed by atoms with Crippen molar-refractivity contribution in [1.82, 2.24) is 4.98 Å². The molecule has 1 aromatic rings. The minimum atomic E-state index is -0.246. The molecule has 0 N–H and O–H groups in total. The molecule has 1 saturated carbocycles. The van der Waals surface area contributed by atoms with E-state index in [1.165, 1.54) is 0 Å². The standard InChI is InChI=1S/C11H12N2O/c1-8-5-9(6-13-10(8)14-2)11(7-12)3-4-11/h5-6H,3-4H2,1-2H3. The summed E-state index contributed by atoms with van der Waals surface area (Å²) in [6.07, 6.45) is 3.66. The van der Waals surface area contributed by atoms with Gasteiger partial charge in [0.1, 0.15) is 0 Å². The zero-order valence-electron chi connectivity index (χ0n) is 8.37. The van der Waals surface area contributed by atoms with Crippen LogP contribution in [0.15, 0.2) is 12.3 Å². The SMILES string of the molecule is COc1ncc(C2(C#N)CC2)cc1C. The van der Waals surface area contributed by atoms with Crippen LogP contribution in [0.3, 0.4) is 0 Å². The summed E-state index contributed by atoms with van der Waals surface area (Å²) >= 11 is 0. The van der Waals surface area contributed by atoms with E-state index in [1.807, 2.05) is 13.0 Å². The second-order valence-corrected chi connectivity index (χ2v) is 3.74. The minimum absolute atomic E-state index is 0.246. The van der Waals surface area contributed by atoms with Crippen LogP contribution >= 0.6 is 0 Å². The molecule has 0 bridgehead atoms. The molecule has 1 fully saturated rings. The fourth-order valence-corrected chi connectivity index (χ4v) is 1.63. The van der Waals surface area contributed by atoms with E-state index in [0.717, 1.165) is 24.0 Å². The van der Waals surface area contributed by atoms with E-state index >= 15 is 0 Å². The zero-order valence-corrected chi connectivity index (χ0v) is 8.37. The fraction of sp³-hybridized carbons (Fsp3) is 0.455. The summed E-state index contributed by atoms with van der Waals surface area (Å²) in [5.41, 5.74) is 1.77. The van der Waals surface area contributed by atoms with Crippen molar-refractivity contribution in [2.45, 2.75) is 25.2 Å². The Kier molecular flexibility index (Phi) is 1.92. The van der Waals surface area contributed by atoms with Crippen LogP contribution < -0.4 is 4.74 Å². The van der Waals surface area contributed by atoms with E-state index in [1.54, 1.807) is 13.3 Å². The zero-order chi connectivity index (χ0) is 10.2. The third kappa shape index (κ3) is 1.24. The Bertz CT molecular complexity index is 402. The van der Waals surface area contributed by atoms with Crippen molar-refractivity contribution in [3.63, 3.8) is 0 Å². The lowest BCUT2D eigenvalue weighted by atomic mass is 9.98. The predicted molar refractivity (Wildman–Crippen MR) is 52.1 cm³/mol. The van der Waals surface area contributed by atoms with Crippen LogP contribution in [0.1, 0.15) is 24.0 Å². The van der Waals surface area contributed by atoms with E-state index in [9.17, 15) is 0 Å². The summed E-state index contributed by atoms with van der Waals surface area (Å²) in [7, 11) is 1.60. The van der Waals surface area contributed by atoms with Crippen LogP contribution in [-0.4, -0.2) is 12.1 Å². The van der Waals surface area contributed by atoms with Crippen molar-refractivity contribution < 1.29 is 4.74 Å². The van der Waals surface area contributed by atoms with Crippen LogP contribution in [0.2, 0.25) is 0 Å². The summed E-state index contributed by atoms with van der Waals surface area (Å²) in [4.78, 5) is 4.18. The second kappa shape index (κ2) is 2.98.